The molecule has 2 rings (SSSR count). The molecule has 2 N–H and O–H groups in total. The summed E-state index contributed by atoms with van der Waals surface area (Å²) in [7, 11) is 0. The predicted molar refractivity (Wildman–Crippen MR) is 70.9 cm³/mol. The first kappa shape index (κ1) is 12.6. The highest BCUT2D eigenvalue weighted by atomic mass is 16.5. The van der Waals surface area contributed by atoms with Crippen LogP contribution in [-0.4, -0.2) is 18.2 Å². The van der Waals surface area contributed by atoms with E-state index in [2.05, 4.69) is 37.3 Å². The van der Waals surface area contributed by atoms with E-state index in [0.29, 0.717) is 0 Å². The summed E-state index contributed by atoms with van der Waals surface area (Å²) in [6.07, 6.45) is 5.57. The van der Waals surface area contributed by atoms with Crippen molar-refractivity contribution in [1.29, 1.82) is 0 Å². The van der Waals surface area contributed by atoms with Crippen LogP contribution in [0, 0.1) is 0 Å². The van der Waals surface area contributed by atoms with Crippen molar-refractivity contribution in [3.63, 3.8) is 0 Å². The van der Waals surface area contributed by atoms with Gasteiger partial charge in [-0.15, -0.1) is 0 Å². The topological polar surface area (TPSA) is 35.2 Å². The van der Waals surface area contributed by atoms with Gasteiger partial charge in [-0.1, -0.05) is 30.3 Å². The minimum Gasteiger partial charge on any atom is -0.374 e. The Kier molecular flexibility index (Phi) is 4.19. The summed E-state index contributed by atoms with van der Waals surface area (Å²) >= 11 is 0. The summed E-state index contributed by atoms with van der Waals surface area (Å²) < 4.78 is 5.89. The van der Waals surface area contributed by atoms with E-state index < -0.39 is 0 Å². The molecule has 1 aromatic rings. The zero-order valence-corrected chi connectivity index (χ0v) is 10.7. The van der Waals surface area contributed by atoms with Gasteiger partial charge < -0.3 is 10.5 Å². The van der Waals surface area contributed by atoms with Gasteiger partial charge >= 0.3 is 0 Å². The van der Waals surface area contributed by atoms with Crippen molar-refractivity contribution in [2.45, 2.75) is 50.7 Å². The lowest BCUT2D eigenvalue weighted by Gasteiger charge is -2.38. The first-order valence-corrected chi connectivity index (χ1v) is 6.64. The van der Waals surface area contributed by atoms with Crippen LogP contribution in [0.25, 0.3) is 0 Å². The minimum atomic E-state index is -0.104. The van der Waals surface area contributed by atoms with Crippen LogP contribution >= 0.6 is 0 Å². The zero-order valence-electron chi connectivity index (χ0n) is 10.7. The van der Waals surface area contributed by atoms with Crippen LogP contribution in [0.5, 0.6) is 0 Å². The molecule has 0 aromatic heterocycles. The predicted octanol–water partition coefficient (Wildman–Crippen LogP) is 2.91. The lowest BCUT2D eigenvalue weighted by atomic mass is 9.85. The molecule has 0 spiro atoms. The van der Waals surface area contributed by atoms with E-state index in [-0.39, 0.29) is 11.6 Å². The van der Waals surface area contributed by atoms with Crippen LogP contribution in [0.4, 0.5) is 0 Å². The van der Waals surface area contributed by atoms with Crippen molar-refractivity contribution in [3.8, 4) is 0 Å². The van der Waals surface area contributed by atoms with Gasteiger partial charge in [-0.3, -0.25) is 0 Å². The largest absolute Gasteiger partial charge is 0.374 e. The van der Waals surface area contributed by atoms with Gasteiger partial charge in [0.2, 0.25) is 0 Å². The number of hydrogen-bond acceptors (Lipinski definition) is 2. The monoisotopic (exact) mass is 233 g/mol. The second-order valence-corrected chi connectivity index (χ2v) is 5.25. The average molecular weight is 233 g/mol. The van der Waals surface area contributed by atoms with Gasteiger partial charge in [-0.05, 0) is 44.6 Å². The molecule has 0 aliphatic carbocycles. The van der Waals surface area contributed by atoms with Gasteiger partial charge in [-0.25, -0.2) is 0 Å². The Bertz CT molecular complexity index is 330. The fourth-order valence-electron chi connectivity index (χ4n) is 2.52. The van der Waals surface area contributed by atoms with Gasteiger partial charge in [0.1, 0.15) is 0 Å². The van der Waals surface area contributed by atoms with Crippen molar-refractivity contribution in [3.05, 3.63) is 35.9 Å². The van der Waals surface area contributed by atoms with Crippen molar-refractivity contribution in [1.82, 2.24) is 0 Å². The van der Waals surface area contributed by atoms with Crippen molar-refractivity contribution >= 4 is 0 Å². The third-order valence-electron chi connectivity index (χ3n) is 3.87. The Morgan fingerprint density at radius 1 is 1.29 bits per heavy atom. The van der Waals surface area contributed by atoms with Crippen LogP contribution in [-0.2, 0) is 11.2 Å². The number of aryl methyl sites for hydroxylation is 1. The number of hydrogen-bond donors (Lipinski definition) is 1. The summed E-state index contributed by atoms with van der Waals surface area (Å²) in [5, 5.41) is 0. The second kappa shape index (κ2) is 5.65. The lowest BCUT2D eigenvalue weighted by Crippen LogP contribution is -2.49. The summed E-state index contributed by atoms with van der Waals surface area (Å²) in [6, 6.07) is 10.7. The fraction of sp³-hybridized carbons (Fsp3) is 0.600. The average Bonchev–Trinajstić information content (AvgIpc) is 2.38. The second-order valence-electron chi connectivity index (χ2n) is 5.25. The maximum atomic E-state index is 6.31. The molecular weight excluding hydrogens is 210 g/mol. The van der Waals surface area contributed by atoms with Crippen LogP contribution in [0.15, 0.2) is 30.3 Å². The van der Waals surface area contributed by atoms with Gasteiger partial charge in [0.25, 0.3) is 0 Å². The Labute approximate surface area is 104 Å². The molecule has 1 heterocycles. The number of rotatable bonds is 4. The Balaban J connectivity index is 1.86. The minimum absolute atomic E-state index is 0.104. The number of ether oxygens (including phenoxy) is 1. The normalized spacial score (nSPS) is 26.7. The third-order valence-corrected chi connectivity index (χ3v) is 3.87. The molecule has 1 aromatic carbocycles. The fourth-order valence-corrected chi connectivity index (χ4v) is 2.52. The molecule has 2 nitrogen and oxygen atoms in total. The quantitative estimate of drug-likeness (QED) is 0.868. The van der Waals surface area contributed by atoms with E-state index in [1.807, 2.05) is 0 Å². The first-order chi connectivity index (χ1) is 8.21. The Morgan fingerprint density at radius 3 is 2.71 bits per heavy atom. The Morgan fingerprint density at radius 2 is 2.06 bits per heavy atom. The highest BCUT2D eigenvalue weighted by Gasteiger charge is 2.33. The van der Waals surface area contributed by atoms with Crippen LogP contribution in [0.2, 0.25) is 0 Å². The summed E-state index contributed by atoms with van der Waals surface area (Å²) in [4.78, 5) is 0. The van der Waals surface area contributed by atoms with E-state index in [1.54, 1.807) is 0 Å². The van der Waals surface area contributed by atoms with Crippen molar-refractivity contribution in [2.75, 3.05) is 6.61 Å². The summed E-state index contributed by atoms with van der Waals surface area (Å²) in [6.45, 7) is 3.04. The SMILES string of the molecule is CC1(C(N)CCc2ccccc2)CCCCO1. The van der Waals surface area contributed by atoms with Gasteiger partial charge in [0, 0.05) is 12.6 Å². The lowest BCUT2D eigenvalue weighted by molar-refractivity contribution is -0.0822. The van der Waals surface area contributed by atoms with Crippen LogP contribution in [0.1, 0.15) is 38.2 Å². The molecule has 1 aliphatic heterocycles. The molecule has 0 amide bonds. The maximum absolute atomic E-state index is 6.31. The summed E-state index contributed by atoms with van der Waals surface area (Å²) in [5.41, 5.74) is 7.56. The van der Waals surface area contributed by atoms with Crippen LogP contribution < -0.4 is 5.73 Å². The molecule has 1 fully saturated rings. The molecule has 0 radical (unpaired) electrons. The van der Waals surface area contributed by atoms with Gasteiger partial charge in [0.05, 0.1) is 5.60 Å². The molecule has 2 atom stereocenters. The molecular formula is C15H23NO. The number of benzene rings is 1. The van der Waals surface area contributed by atoms with E-state index >= 15 is 0 Å². The third kappa shape index (κ3) is 3.30. The van der Waals surface area contributed by atoms with Crippen molar-refractivity contribution in [2.24, 2.45) is 5.73 Å². The molecule has 0 bridgehead atoms. The van der Waals surface area contributed by atoms with Gasteiger partial charge in [0.15, 0.2) is 0 Å². The first-order valence-electron chi connectivity index (χ1n) is 6.64. The standard InChI is InChI=1S/C15H23NO/c1-15(11-5-6-12-17-15)14(16)10-9-13-7-3-2-4-8-13/h2-4,7-8,14H,5-6,9-12,16H2,1H3. The molecule has 17 heavy (non-hydrogen) atoms. The zero-order chi connectivity index (χ0) is 12.1. The van der Waals surface area contributed by atoms with Gasteiger partial charge in [-0.2, -0.15) is 0 Å². The molecule has 2 unspecified atom stereocenters. The van der Waals surface area contributed by atoms with E-state index in [0.717, 1.165) is 25.9 Å². The van der Waals surface area contributed by atoms with Crippen LogP contribution in [0.3, 0.4) is 0 Å². The van der Waals surface area contributed by atoms with E-state index in [1.165, 1.54) is 18.4 Å². The highest BCUT2D eigenvalue weighted by molar-refractivity contribution is 5.15. The molecule has 94 valence electrons. The van der Waals surface area contributed by atoms with E-state index in [9.17, 15) is 0 Å². The van der Waals surface area contributed by atoms with E-state index in [4.69, 9.17) is 10.5 Å². The maximum Gasteiger partial charge on any atom is 0.0804 e. The molecule has 1 saturated heterocycles. The summed E-state index contributed by atoms with van der Waals surface area (Å²) in [5.74, 6) is 0. The Hall–Kier alpha value is -0.860. The smallest absolute Gasteiger partial charge is 0.0804 e. The van der Waals surface area contributed by atoms with Crippen molar-refractivity contribution < 1.29 is 4.74 Å². The molecule has 2 heteroatoms. The molecule has 1 aliphatic rings. The number of nitrogens with two attached hydrogens (primary N) is 1. The highest BCUT2D eigenvalue weighted by Crippen LogP contribution is 2.28. The molecule has 0 saturated carbocycles.